The van der Waals surface area contributed by atoms with Gasteiger partial charge in [0.2, 0.25) is 5.91 Å². The van der Waals surface area contributed by atoms with Crippen molar-refractivity contribution in [2.45, 2.75) is 6.92 Å². The third-order valence-electron chi connectivity index (χ3n) is 3.21. The molecule has 0 unspecified atom stereocenters. The maximum atomic E-state index is 11.9. The van der Waals surface area contributed by atoms with Gasteiger partial charge in [0, 0.05) is 16.8 Å². The van der Waals surface area contributed by atoms with Gasteiger partial charge in [-0.1, -0.05) is 29.8 Å². The van der Waals surface area contributed by atoms with Crippen molar-refractivity contribution >= 4 is 52.6 Å². The summed E-state index contributed by atoms with van der Waals surface area (Å²) in [4.78, 5) is 23.5. The van der Waals surface area contributed by atoms with Gasteiger partial charge in [-0.25, -0.2) is 4.79 Å². The maximum absolute atomic E-state index is 11.9. The van der Waals surface area contributed by atoms with E-state index in [1.807, 2.05) is 12.1 Å². The van der Waals surface area contributed by atoms with Crippen molar-refractivity contribution in [2.24, 2.45) is 0 Å². The van der Waals surface area contributed by atoms with Crippen LogP contribution in [0, 0.1) is 0 Å². The lowest BCUT2D eigenvalue weighted by atomic mass is 10.2. The number of halogens is 1. The standard InChI is InChI=1S/C19H17ClN2O3S/c1-2-25-18(24)14-7-10-15(11-8-14)21-19(26)22-17(23)12-9-13-5-3-4-6-16(13)20/h3-12H,2H2,1H3,(H2,21,22,23,26). The molecule has 0 saturated heterocycles. The summed E-state index contributed by atoms with van der Waals surface area (Å²) in [6.45, 7) is 2.06. The van der Waals surface area contributed by atoms with E-state index in [2.05, 4.69) is 10.6 Å². The van der Waals surface area contributed by atoms with Crippen LogP contribution in [0.15, 0.2) is 54.6 Å². The number of rotatable bonds is 5. The fourth-order valence-electron chi connectivity index (χ4n) is 2.00. The number of esters is 1. The van der Waals surface area contributed by atoms with Crippen LogP contribution in [0.25, 0.3) is 6.08 Å². The normalized spacial score (nSPS) is 10.4. The van der Waals surface area contributed by atoms with Crippen molar-refractivity contribution in [2.75, 3.05) is 11.9 Å². The van der Waals surface area contributed by atoms with Crippen LogP contribution < -0.4 is 10.6 Å². The quantitative estimate of drug-likeness (QED) is 0.459. The number of ether oxygens (including phenoxy) is 1. The second kappa shape index (κ2) is 9.70. The van der Waals surface area contributed by atoms with E-state index in [1.54, 1.807) is 49.4 Å². The molecular weight excluding hydrogens is 372 g/mol. The third kappa shape index (κ3) is 5.98. The van der Waals surface area contributed by atoms with Gasteiger partial charge in [0.15, 0.2) is 5.11 Å². The minimum atomic E-state index is -0.389. The van der Waals surface area contributed by atoms with Crippen LogP contribution in [-0.2, 0) is 9.53 Å². The van der Waals surface area contributed by atoms with Crippen LogP contribution >= 0.6 is 23.8 Å². The van der Waals surface area contributed by atoms with Crippen LogP contribution in [-0.4, -0.2) is 23.6 Å². The Labute approximate surface area is 162 Å². The highest BCUT2D eigenvalue weighted by atomic mass is 35.5. The molecule has 2 aromatic carbocycles. The summed E-state index contributed by atoms with van der Waals surface area (Å²) < 4.78 is 4.91. The molecule has 26 heavy (non-hydrogen) atoms. The highest BCUT2D eigenvalue weighted by Crippen LogP contribution is 2.16. The molecule has 2 aromatic rings. The van der Waals surface area contributed by atoms with Gasteiger partial charge in [-0.15, -0.1) is 0 Å². The number of thiocarbonyl (C=S) groups is 1. The Bertz CT molecular complexity index is 835. The zero-order valence-corrected chi connectivity index (χ0v) is 15.6. The van der Waals surface area contributed by atoms with Gasteiger partial charge in [-0.05, 0) is 61.1 Å². The fraction of sp³-hybridized carbons (Fsp3) is 0.105. The summed E-state index contributed by atoms with van der Waals surface area (Å²) >= 11 is 11.1. The van der Waals surface area contributed by atoms with E-state index in [4.69, 9.17) is 28.6 Å². The lowest BCUT2D eigenvalue weighted by molar-refractivity contribution is -0.115. The first-order chi connectivity index (χ1) is 12.5. The average molecular weight is 389 g/mol. The van der Waals surface area contributed by atoms with E-state index in [1.165, 1.54) is 6.08 Å². The van der Waals surface area contributed by atoms with Gasteiger partial charge in [-0.3, -0.25) is 10.1 Å². The molecule has 0 radical (unpaired) electrons. The zero-order valence-electron chi connectivity index (χ0n) is 14.0. The number of hydrogen-bond acceptors (Lipinski definition) is 4. The third-order valence-corrected chi connectivity index (χ3v) is 3.76. The van der Waals surface area contributed by atoms with Gasteiger partial charge in [-0.2, -0.15) is 0 Å². The highest BCUT2D eigenvalue weighted by Gasteiger charge is 2.07. The van der Waals surface area contributed by atoms with Gasteiger partial charge < -0.3 is 10.1 Å². The molecule has 2 rings (SSSR count). The van der Waals surface area contributed by atoms with Crippen LogP contribution in [0.4, 0.5) is 5.69 Å². The minimum absolute atomic E-state index is 0.141. The van der Waals surface area contributed by atoms with Gasteiger partial charge in [0.25, 0.3) is 0 Å². The van der Waals surface area contributed by atoms with Crippen LogP contribution in [0.3, 0.4) is 0 Å². The number of anilines is 1. The summed E-state index contributed by atoms with van der Waals surface area (Å²) in [6.07, 6.45) is 2.95. The Morgan fingerprint density at radius 2 is 1.85 bits per heavy atom. The second-order valence-corrected chi connectivity index (χ2v) is 5.91. The molecule has 0 fully saturated rings. The largest absolute Gasteiger partial charge is 0.462 e. The summed E-state index contributed by atoms with van der Waals surface area (Å²) in [5.74, 6) is -0.773. The molecule has 7 heteroatoms. The molecule has 0 heterocycles. The Hall–Kier alpha value is -2.70. The molecule has 0 aliphatic carbocycles. The summed E-state index contributed by atoms with van der Waals surface area (Å²) in [5, 5.41) is 6.10. The molecule has 5 nitrogen and oxygen atoms in total. The van der Waals surface area contributed by atoms with E-state index in [-0.39, 0.29) is 17.0 Å². The van der Waals surface area contributed by atoms with Crippen molar-refractivity contribution in [1.29, 1.82) is 0 Å². The molecule has 0 aliphatic rings. The SMILES string of the molecule is CCOC(=O)c1ccc(NC(=S)NC(=O)C=Cc2ccccc2Cl)cc1. The van der Waals surface area contributed by atoms with Crippen molar-refractivity contribution in [3.8, 4) is 0 Å². The minimum Gasteiger partial charge on any atom is -0.462 e. The first-order valence-corrected chi connectivity index (χ1v) is 8.60. The smallest absolute Gasteiger partial charge is 0.338 e. The number of amides is 1. The van der Waals surface area contributed by atoms with Gasteiger partial charge >= 0.3 is 5.97 Å². The van der Waals surface area contributed by atoms with E-state index in [9.17, 15) is 9.59 Å². The lowest BCUT2D eigenvalue weighted by Crippen LogP contribution is -2.32. The molecule has 0 bridgehead atoms. The lowest BCUT2D eigenvalue weighted by Gasteiger charge is -2.09. The second-order valence-electron chi connectivity index (χ2n) is 5.10. The molecule has 0 aliphatic heterocycles. The van der Waals surface area contributed by atoms with Crippen molar-refractivity contribution < 1.29 is 14.3 Å². The summed E-state index contributed by atoms with van der Waals surface area (Å²) in [6, 6.07) is 13.7. The van der Waals surface area contributed by atoms with Gasteiger partial charge in [0.05, 0.1) is 12.2 Å². The maximum Gasteiger partial charge on any atom is 0.338 e. The van der Waals surface area contributed by atoms with Crippen LogP contribution in [0.5, 0.6) is 0 Å². The Morgan fingerprint density at radius 1 is 1.15 bits per heavy atom. The monoisotopic (exact) mass is 388 g/mol. The predicted octanol–water partition coefficient (Wildman–Crippen LogP) is 4.04. The van der Waals surface area contributed by atoms with Crippen LogP contribution in [0.2, 0.25) is 5.02 Å². The van der Waals surface area contributed by atoms with E-state index in [0.29, 0.717) is 22.9 Å². The zero-order chi connectivity index (χ0) is 18.9. The Balaban J connectivity index is 1.89. The molecular formula is C19H17ClN2O3S. The van der Waals surface area contributed by atoms with Crippen molar-refractivity contribution in [3.63, 3.8) is 0 Å². The topological polar surface area (TPSA) is 67.4 Å². The summed E-state index contributed by atoms with van der Waals surface area (Å²) in [7, 11) is 0. The van der Waals surface area contributed by atoms with Crippen molar-refractivity contribution in [1.82, 2.24) is 5.32 Å². The number of nitrogens with one attached hydrogen (secondary N) is 2. The Kier molecular flexibility index (Phi) is 7.32. The average Bonchev–Trinajstić information content (AvgIpc) is 2.61. The van der Waals surface area contributed by atoms with Crippen molar-refractivity contribution in [3.05, 3.63) is 70.8 Å². The number of hydrogen-bond donors (Lipinski definition) is 2. The molecule has 0 aromatic heterocycles. The first kappa shape index (κ1) is 19.6. The first-order valence-electron chi connectivity index (χ1n) is 7.81. The number of carbonyl (C=O) groups is 2. The highest BCUT2D eigenvalue weighted by molar-refractivity contribution is 7.80. The number of benzene rings is 2. The molecule has 2 N–H and O–H groups in total. The predicted molar refractivity (Wildman–Crippen MR) is 107 cm³/mol. The molecule has 0 saturated carbocycles. The number of carbonyl (C=O) groups excluding carboxylic acids is 2. The van der Waals surface area contributed by atoms with Crippen LogP contribution in [0.1, 0.15) is 22.8 Å². The molecule has 0 atom stereocenters. The van der Waals surface area contributed by atoms with E-state index < -0.39 is 0 Å². The Morgan fingerprint density at radius 3 is 2.50 bits per heavy atom. The summed E-state index contributed by atoms with van der Waals surface area (Å²) in [5.41, 5.74) is 1.81. The fourth-order valence-corrected chi connectivity index (χ4v) is 2.41. The molecule has 134 valence electrons. The van der Waals surface area contributed by atoms with E-state index >= 15 is 0 Å². The van der Waals surface area contributed by atoms with E-state index in [0.717, 1.165) is 5.56 Å². The van der Waals surface area contributed by atoms with Gasteiger partial charge in [0.1, 0.15) is 0 Å². The molecule has 1 amide bonds. The molecule has 0 spiro atoms.